The van der Waals surface area contributed by atoms with E-state index in [4.69, 9.17) is 4.74 Å². The summed E-state index contributed by atoms with van der Waals surface area (Å²) in [5.74, 6) is 0.629. The monoisotopic (exact) mass is 417 g/mol. The van der Waals surface area contributed by atoms with Crippen molar-refractivity contribution >= 4 is 16.8 Å². The first-order chi connectivity index (χ1) is 15.0. The highest BCUT2D eigenvalue weighted by molar-refractivity contribution is 5.97. The number of amides is 1. The van der Waals surface area contributed by atoms with Crippen LogP contribution in [0.5, 0.6) is 5.75 Å². The number of hydrogen-bond donors (Lipinski definition) is 1. The molecule has 2 aromatic carbocycles. The summed E-state index contributed by atoms with van der Waals surface area (Å²) < 4.78 is 5.26. The molecule has 162 valence electrons. The Hall–Kier alpha value is -2.92. The molecule has 5 heteroatoms. The van der Waals surface area contributed by atoms with E-state index in [0.717, 1.165) is 34.9 Å². The smallest absolute Gasteiger partial charge is 0.252 e. The van der Waals surface area contributed by atoms with Gasteiger partial charge in [0.1, 0.15) is 5.75 Å². The second kappa shape index (κ2) is 9.06. The van der Waals surface area contributed by atoms with Crippen molar-refractivity contribution in [2.75, 3.05) is 27.2 Å². The summed E-state index contributed by atoms with van der Waals surface area (Å²) >= 11 is 0. The van der Waals surface area contributed by atoms with Crippen LogP contribution in [0.1, 0.15) is 47.2 Å². The topological polar surface area (TPSA) is 54.5 Å². The summed E-state index contributed by atoms with van der Waals surface area (Å²) in [7, 11) is 3.78. The zero-order valence-corrected chi connectivity index (χ0v) is 18.6. The Morgan fingerprint density at radius 1 is 1.10 bits per heavy atom. The first kappa shape index (κ1) is 21.3. The molecule has 1 aromatic heterocycles. The predicted molar refractivity (Wildman–Crippen MR) is 125 cm³/mol. The van der Waals surface area contributed by atoms with Crippen LogP contribution in [0.25, 0.3) is 10.9 Å². The van der Waals surface area contributed by atoms with Gasteiger partial charge in [0.15, 0.2) is 0 Å². The number of aryl methyl sites for hydroxylation is 1. The fourth-order valence-electron chi connectivity index (χ4n) is 4.24. The first-order valence-corrected chi connectivity index (χ1v) is 11.0. The van der Waals surface area contributed by atoms with Crippen molar-refractivity contribution in [1.29, 1.82) is 0 Å². The van der Waals surface area contributed by atoms with Gasteiger partial charge in [-0.2, -0.15) is 0 Å². The van der Waals surface area contributed by atoms with Crippen LogP contribution in [0.3, 0.4) is 0 Å². The summed E-state index contributed by atoms with van der Waals surface area (Å²) in [4.78, 5) is 19.7. The van der Waals surface area contributed by atoms with E-state index in [1.807, 2.05) is 37.3 Å². The third-order valence-corrected chi connectivity index (χ3v) is 6.28. The molecule has 1 saturated carbocycles. The van der Waals surface area contributed by atoms with Crippen LogP contribution in [0, 0.1) is 6.92 Å². The third-order valence-electron chi connectivity index (χ3n) is 6.28. The summed E-state index contributed by atoms with van der Waals surface area (Å²) in [6, 6.07) is 15.7. The van der Waals surface area contributed by atoms with Crippen molar-refractivity contribution < 1.29 is 9.53 Å². The summed E-state index contributed by atoms with van der Waals surface area (Å²) in [6.45, 7) is 4.58. The lowest BCUT2D eigenvalue weighted by Gasteiger charge is -2.20. The Morgan fingerprint density at radius 3 is 2.52 bits per heavy atom. The SMILES string of the molecule is CN1CCCC1.COc1ccc(C)c(C(=O)NC2(c3cccc4ncccc34)CC2)c1. The van der Waals surface area contributed by atoms with Crippen molar-refractivity contribution in [1.82, 2.24) is 15.2 Å². The van der Waals surface area contributed by atoms with E-state index in [9.17, 15) is 4.79 Å². The number of hydrogen-bond acceptors (Lipinski definition) is 4. The first-order valence-electron chi connectivity index (χ1n) is 11.0. The molecule has 0 radical (unpaired) electrons. The molecule has 3 aromatic rings. The number of nitrogens with one attached hydrogen (secondary N) is 1. The van der Waals surface area contributed by atoms with Crippen LogP contribution in [-0.2, 0) is 5.54 Å². The largest absolute Gasteiger partial charge is 0.497 e. The minimum atomic E-state index is -0.296. The molecule has 5 rings (SSSR count). The number of likely N-dealkylation sites (tertiary alicyclic amines) is 1. The maximum Gasteiger partial charge on any atom is 0.252 e. The molecule has 1 saturated heterocycles. The van der Waals surface area contributed by atoms with E-state index in [2.05, 4.69) is 34.4 Å². The Balaban J connectivity index is 0.000000334. The molecule has 0 unspecified atom stereocenters. The predicted octanol–water partition coefficient (Wildman–Crippen LogP) is 4.68. The second-order valence-electron chi connectivity index (χ2n) is 8.60. The number of ether oxygens (including phenoxy) is 1. The quantitative estimate of drug-likeness (QED) is 0.670. The van der Waals surface area contributed by atoms with Crippen LogP contribution < -0.4 is 10.1 Å². The van der Waals surface area contributed by atoms with Gasteiger partial charge in [0.2, 0.25) is 0 Å². The zero-order chi connectivity index (χ0) is 21.8. The Kier molecular flexibility index (Phi) is 6.23. The van der Waals surface area contributed by atoms with Crippen LogP contribution in [0.15, 0.2) is 54.7 Å². The molecule has 2 heterocycles. The van der Waals surface area contributed by atoms with E-state index in [-0.39, 0.29) is 11.4 Å². The van der Waals surface area contributed by atoms with E-state index >= 15 is 0 Å². The molecule has 1 N–H and O–H groups in total. The number of carbonyl (C=O) groups is 1. The molecule has 0 bridgehead atoms. The standard InChI is InChI=1S/C21H20N2O2.C5H11N/c1-14-8-9-15(25-2)13-17(14)20(24)23-21(10-11-21)18-6-3-7-19-16(18)5-4-12-22-19;1-6-4-2-3-5-6/h3-9,12-13H,10-11H2,1-2H3,(H,23,24);2-5H2,1H3. The lowest BCUT2D eigenvalue weighted by Crippen LogP contribution is -2.35. The van der Waals surface area contributed by atoms with Crippen LogP contribution in [0.2, 0.25) is 0 Å². The highest BCUT2D eigenvalue weighted by Crippen LogP contribution is 2.48. The average molecular weight is 418 g/mol. The van der Waals surface area contributed by atoms with Crippen molar-refractivity contribution in [2.24, 2.45) is 0 Å². The third kappa shape index (κ3) is 4.72. The van der Waals surface area contributed by atoms with Gasteiger partial charge in [-0.15, -0.1) is 0 Å². The Bertz CT molecular complexity index is 1060. The molecule has 31 heavy (non-hydrogen) atoms. The van der Waals surface area contributed by atoms with Crippen LogP contribution in [-0.4, -0.2) is 43.0 Å². The van der Waals surface area contributed by atoms with Crippen molar-refractivity contribution in [3.63, 3.8) is 0 Å². The van der Waals surface area contributed by atoms with Gasteiger partial charge in [-0.1, -0.05) is 24.3 Å². The number of fused-ring (bicyclic) bond motifs is 1. The van der Waals surface area contributed by atoms with Gasteiger partial charge >= 0.3 is 0 Å². The van der Waals surface area contributed by atoms with Gasteiger partial charge in [0.05, 0.1) is 18.2 Å². The highest BCUT2D eigenvalue weighted by atomic mass is 16.5. The fourth-order valence-corrected chi connectivity index (χ4v) is 4.24. The fraction of sp³-hybridized carbons (Fsp3) is 0.385. The molecule has 1 aliphatic carbocycles. The minimum Gasteiger partial charge on any atom is -0.497 e. The second-order valence-corrected chi connectivity index (χ2v) is 8.60. The van der Waals surface area contributed by atoms with Crippen LogP contribution >= 0.6 is 0 Å². The van der Waals surface area contributed by atoms with Gasteiger partial charge in [-0.3, -0.25) is 9.78 Å². The summed E-state index contributed by atoms with van der Waals surface area (Å²) in [5, 5.41) is 4.36. The minimum absolute atomic E-state index is 0.0604. The lowest BCUT2D eigenvalue weighted by atomic mass is 9.98. The maximum atomic E-state index is 12.9. The van der Waals surface area contributed by atoms with Gasteiger partial charge in [0.25, 0.3) is 5.91 Å². The van der Waals surface area contributed by atoms with Gasteiger partial charge in [0, 0.05) is 17.1 Å². The number of carbonyl (C=O) groups excluding carboxylic acids is 1. The van der Waals surface area contributed by atoms with Gasteiger partial charge in [-0.05, 0) is 88.1 Å². The molecule has 5 nitrogen and oxygen atoms in total. The summed E-state index contributed by atoms with van der Waals surface area (Å²) in [5.41, 5.74) is 3.40. The van der Waals surface area contributed by atoms with Gasteiger partial charge < -0.3 is 15.0 Å². The van der Waals surface area contributed by atoms with E-state index < -0.39 is 0 Å². The Labute approximate surface area is 184 Å². The summed E-state index contributed by atoms with van der Waals surface area (Å²) in [6.07, 6.45) is 6.50. The molecule has 1 amide bonds. The lowest BCUT2D eigenvalue weighted by molar-refractivity contribution is 0.0930. The normalized spacial score (nSPS) is 17.0. The van der Waals surface area contributed by atoms with Crippen molar-refractivity contribution in [2.45, 2.75) is 38.1 Å². The number of aromatic nitrogens is 1. The van der Waals surface area contributed by atoms with Crippen molar-refractivity contribution in [3.05, 3.63) is 71.4 Å². The van der Waals surface area contributed by atoms with Gasteiger partial charge in [-0.25, -0.2) is 0 Å². The molecule has 0 atom stereocenters. The van der Waals surface area contributed by atoms with E-state index in [1.54, 1.807) is 19.4 Å². The molecule has 1 aliphatic heterocycles. The van der Waals surface area contributed by atoms with E-state index in [0.29, 0.717) is 11.3 Å². The van der Waals surface area contributed by atoms with Crippen molar-refractivity contribution in [3.8, 4) is 5.75 Å². The number of rotatable bonds is 4. The molecular formula is C26H31N3O2. The number of nitrogens with zero attached hydrogens (tertiary/aromatic N) is 2. The molecule has 2 aliphatic rings. The number of benzene rings is 2. The average Bonchev–Trinajstić information content (AvgIpc) is 3.41. The zero-order valence-electron chi connectivity index (χ0n) is 18.6. The maximum absolute atomic E-state index is 12.9. The highest BCUT2D eigenvalue weighted by Gasteiger charge is 2.46. The van der Waals surface area contributed by atoms with E-state index in [1.165, 1.54) is 25.9 Å². The Morgan fingerprint density at radius 2 is 1.87 bits per heavy atom. The molecule has 2 fully saturated rings. The number of pyridine rings is 1. The number of methoxy groups -OCH3 is 1. The molecule has 0 spiro atoms. The molecular weight excluding hydrogens is 386 g/mol. The van der Waals surface area contributed by atoms with Crippen LogP contribution in [0.4, 0.5) is 0 Å².